The fourth-order valence-corrected chi connectivity index (χ4v) is 3.78. The first-order valence-electron chi connectivity index (χ1n) is 8.00. The molecule has 0 atom stereocenters. The Labute approximate surface area is 150 Å². The van der Waals surface area contributed by atoms with Crippen molar-refractivity contribution in [3.8, 4) is 0 Å². The maximum absolute atomic E-state index is 12.6. The summed E-state index contributed by atoms with van der Waals surface area (Å²) in [4.78, 5) is 19.1. The van der Waals surface area contributed by atoms with Gasteiger partial charge in [0.25, 0.3) is 0 Å². The van der Waals surface area contributed by atoms with Crippen molar-refractivity contribution >= 4 is 44.2 Å². The van der Waals surface area contributed by atoms with E-state index in [0.717, 1.165) is 32.9 Å². The standard InChI is InChI=1S/C19H19ClN2OS/c1-3-7-17(23)22(12-14-8-5-4-6-9-14)19-21-18-13(2)15(20)10-11-16(18)24-19/h4-6,8-11H,3,7,12H2,1-2H3. The van der Waals surface area contributed by atoms with Crippen molar-refractivity contribution in [1.29, 1.82) is 0 Å². The van der Waals surface area contributed by atoms with Gasteiger partial charge in [0.05, 0.1) is 16.8 Å². The van der Waals surface area contributed by atoms with Crippen molar-refractivity contribution in [3.05, 3.63) is 58.6 Å². The molecular formula is C19H19ClN2OS. The Morgan fingerprint density at radius 3 is 2.67 bits per heavy atom. The first-order chi connectivity index (χ1) is 11.6. The van der Waals surface area contributed by atoms with Crippen molar-refractivity contribution in [2.45, 2.75) is 33.2 Å². The van der Waals surface area contributed by atoms with Crippen LogP contribution in [-0.4, -0.2) is 10.9 Å². The van der Waals surface area contributed by atoms with E-state index in [2.05, 4.69) is 0 Å². The first-order valence-corrected chi connectivity index (χ1v) is 9.19. The summed E-state index contributed by atoms with van der Waals surface area (Å²) in [7, 11) is 0. The molecule has 24 heavy (non-hydrogen) atoms. The topological polar surface area (TPSA) is 33.2 Å². The highest BCUT2D eigenvalue weighted by Crippen LogP contribution is 2.34. The largest absolute Gasteiger partial charge is 0.284 e. The molecule has 0 N–H and O–H groups in total. The average molecular weight is 359 g/mol. The van der Waals surface area contributed by atoms with Crippen molar-refractivity contribution in [2.24, 2.45) is 0 Å². The Morgan fingerprint density at radius 1 is 1.21 bits per heavy atom. The van der Waals surface area contributed by atoms with Gasteiger partial charge < -0.3 is 0 Å². The molecule has 0 bridgehead atoms. The van der Waals surface area contributed by atoms with E-state index in [0.29, 0.717) is 18.0 Å². The van der Waals surface area contributed by atoms with E-state index in [4.69, 9.17) is 16.6 Å². The molecule has 0 aliphatic heterocycles. The summed E-state index contributed by atoms with van der Waals surface area (Å²) < 4.78 is 1.05. The van der Waals surface area contributed by atoms with Gasteiger partial charge in [-0.2, -0.15) is 0 Å². The van der Waals surface area contributed by atoms with Crippen molar-refractivity contribution < 1.29 is 4.79 Å². The molecule has 0 unspecified atom stereocenters. The summed E-state index contributed by atoms with van der Waals surface area (Å²) in [5, 5.41) is 1.44. The number of hydrogen-bond acceptors (Lipinski definition) is 3. The van der Waals surface area contributed by atoms with Crippen LogP contribution in [-0.2, 0) is 11.3 Å². The fourth-order valence-electron chi connectivity index (χ4n) is 2.58. The SMILES string of the molecule is CCCC(=O)N(Cc1ccccc1)c1nc2c(C)c(Cl)ccc2s1. The second kappa shape index (κ2) is 7.32. The summed E-state index contributed by atoms with van der Waals surface area (Å²) in [6.07, 6.45) is 1.34. The number of carbonyl (C=O) groups is 1. The molecule has 1 heterocycles. The van der Waals surface area contributed by atoms with Crippen molar-refractivity contribution in [3.63, 3.8) is 0 Å². The summed E-state index contributed by atoms with van der Waals surface area (Å²) in [5.74, 6) is 0.101. The van der Waals surface area contributed by atoms with Crippen LogP contribution >= 0.6 is 22.9 Å². The van der Waals surface area contributed by atoms with Crippen LogP contribution < -0.4 is 4.90 Å². The highest BCUT2D eigenvalue weighted by molar-refractivity contribution is 7.22. The number of aryl methyl sites for hydroxylation is 1. The van der Waals surface area contributed by atoms with Gasteiger partial charge in [0, 0.05) is 11.4 Å². The summed E-state index contributed by atoms with van der Waals surface area (Å²) in [5.41, 5.74) is 2.93. The van der Waals surface area contributed by atoms with Crippen molar-refractivity contribution in [2.75, 3.05) is 4.90 Å². The van der Waals surface area contributed by atoms with Gasteiger partial charge in [0.15, 0.2) is 5.13 Å². The number of thiazole rings is 1. The quantitative estimate of drug-likeness (QED) is 0.595. The van der Waals surface area contributed by atoms with E-state index in [1.54, 1.807) is 4.90 Å². The lowest BCUT2D eigenvalue weighted by Gasteiger charge is -2.19. The highest BCUT2D eigenvalue weighted by Gasteiger charge is 2.20. The van der Waals surface area contributed by atoms with E-state index in [1.165, 1.54) is 11.3 Å². The number of hydrogen-bond donors (Lipinski definition) is 0. The van der Waals surface area contributed by atoms with Gasteiger partial charge in [0.1, 0.15) is 0 Å². The molecule has 0 radical (unpaired) electrons. The third-order valence-electron chi connectivity index (χ3n) is 3.92. The maximum Gasteiger partial charge on any atom is 0.229 e. The molecule has 1 amide bonds. The average Bonchev–Trinajstić information content (AvgIpc) is 3.02. The van der Waals surface area contributed by atoms with E-state index < -0.39 is 0 Å². The van der Waals surface area contributed by atoms with Gasteiger partial charge in [-0.25, -0.2) is 4.98 Å². The highest BCUT2D eigenvalue weighted by atomic mass is 35.5. The minimum Gasteiger partial charge on any atom is -0.284 e. The monoisotopic (exact) mass is 358 g/mol. The number of amides is 1. The molecule has 3 rings (SSSR count). The summed E-state index contributed by atoms with van der Waals surface area (Å²) in [6.45, 7) is 4.51. The Morgan fingerprint density at radius 2 is 1.96 bits per heavy atom. The smallest absolute Gasteiger partial charge is 0.229 e. The van der Waals surface area contributed by atoms with Crippen LogP contribution in [0.3, 0.4) is 0 Å². The molecule has 2 aromatic carbocycles. The number of halogens is 1. The van der Waals surface area contributed by atoms with Crippen molar-refractivity contribution in [1.82, 2.24) is 4.98 Å². The zero-order chi connectivity index (χ0) is 17.1. The van der Waals surface area contributed by atoms with E-state index in [-0.39, 0.29) is 5.91 Å². The molecule has 5 heteroatoms. The number of aromatic nitrogens is 1. The first kappa shape index (κ1) is 16.9. The molecule has 0 fully saturated rings. The molecule has 0 aliphatic rings. The lowest BCUT2D eigenvalue weighted by Crippen LogP contribution is -2.29. The van der Waals surface area contributed by atoms with Gasteiger partial charge >= 0.3 is 0 Å². The van der Waals surface area contributed by atoms with Crippen LogP contribution in [0.4, 0.5) is 5.13 Å². The Balaban J connectivity index is 2.01. The molecule has 0 saturated heterocycles. The van der Waals surface area contributed by atoms with Gasteiger partial charge in [-0.05, 0) is 36.6 Å². The van der Waals surface area contributed by atoms with Crippen LogP contribution in [0.5, 0.6) is 0 Å². The van der Waals surface area contributed by atoms with Gasteiger partial charge in [-0.15, -0.1) is 0 Å². The van der Waals surface area contributed by atoms with Gasteiger partial charge in [-0.1, -0.05) is 60.2 Å². The number of carbonyl (C=O) groups excluding carboxylic acids is 1. The molecular weight excluding hydrogens is 340 g/mol. The second-order valence-electron chi connectivity index (χ2n) is 5.73. The lowest BCUT2D eigenvalue weighted by atomic mass is 10.2. The van der Waals surface area contributed by atoms with Gasteiger partial charge in [-0.3, -0.25) is 9.69 Å². The van der Waals surface area contributed by atoms with Crippen LogP contribution in [0.25, 0.3) is 10.2 Å². The third-order valence-corrected chi connectivity index (χ3v) is 5.37. The number of benzene rings is 2. The molecule has 0 spiro atoms. The molecule has 1 aromatic heterocycles. The lowest BCUT2D eigenvalue weighted by molar-refractivity contribution is -0.118. The normalized spacial score (nSPS) is 11.0. The van der Waals surface area contributed by atoms with Crippen LogP contribution in [0, 0.1) is 6.92 Å². The molecule has 0 aliphatic carbocycles. The molecule has 3 aromatic rings. The Hall–Kier alpha value is -1.91. The number of nitrogens with zero attached hydrogens (tertiary/aromatic N) is 2. The van der Waals surface area contributed by atoms with Crippen LogP contribution in [0.1, 0.15) is 30.9 Å². The molecule has 3 nitrogen and oxygen atoms in total. The zero-order valence-corrected chi connectivity index (χ0v) is 15.3. The minimum absolute atomic E-state index is 0.101. The fraction of sp³-hybridized carbons (Fsp3) is 0.263. The van der Waals surface area contributed by atoms with Crippen LogP contribution in [0.2, 0.25) is 5.02 Å². The minimum atomic E-state index is 0.101. The van der Waals surface area contributed by atoms with Crippen LogP contribution in [0.15, 0.2) is 42.5 Å². The predicted molar refractivity (Wildman–Crippen MR) is 102 cm³/mol. The Kier molecular flexibility index (Phi) is 5.17. The Bertz CT molecular complexity index is 860. The number of anilines is 1. The number of fused-ring (bicyclic) bond motifs is 1. The second-order valence-corrected chi connectivity index (χ2v) is 7.15. The van der Waals surface area contributed by atoms with E-state index in [9.17, 15) is 4.79 Å². The summed E-state index contributed by atoms with van der Waals surface area (Å²) in [6, 6.07) is 13.9. The third kappa shape index (κ3) is 3.45. The molecule has 124 valence electrons. The van der Waals surface area contributed by atoms with Gasteiger partial charge in [0.2, 0.25) is 5.91 Å². The number of rotatable bonds is 5. The summed E-state index contributed by atoms with van der Waals surface area (Å²) >= 11 is 7.74. The van der Waals surface area contributed by atoms with E-state index >= 15 is 0 Å². The van der Waals surface area contributed by atoms with E-state index in [1.807, 2.05) is 56.3 Å². The zero-order valence-electron chi connectivity index (χ0n) is 13.8. The predicted octanol–water partition coefficient (Wildman–Crippen LogP) is 5.59. The maximum atomic E-state index is 12.6. The molecule has 0 saturated carbocycles.